The molecule has 6 heteroatoms. The second-order valence-electron chi connectivity index (χ2n) is 6.83. The Morgan fingerprint density at radius 1 is 0.833 bits per heavy atom. The molecule has 2 aromatic heterocycles. The Morgan fingerprint density at radius 2 is 1.57 bits per heavy atom. The van der Waals surface area contributed by atoms with Crippen molar-refractivity contribution in [3.8, 4) is 22.4 Å². The van der Waals surface area contributed by atoms with Crippen molar-refractivity contribution < 1.29 is 0 Å². The van der Waals surface area contributed by atoms with Crippen LogP contribution in [0, 0.1) is 0 Å². The zero-order valence-electron chi connectivity index (χ0n) is 15.8. The van der Waals surface area contributed by atoms with Crippen molar-refractivity contribution in [3.05, 3.63) is 101 Å². The van der Waals surface area contributed by atoms with E-state index in [1.807, 2.05) is 83.5 Å². The number of benzene rings is 3. The lowest BCUT2D eigenvalue weighted by Gasteiger charge is -2.12. The van der Waals surface area contributed by atoms with Crippen molar-refractivity contribution >= 4 is 44.7 Å². The Bertz CT molecular complexity index is 1310. The van der Waals surface area contributed by atoms with Crippen molar-refractivity contribution in [2.45, 2.75) is 0 Å². The Labute approximate surface area is 187 Å². The number of nitrogens with one attached hydrogen (secondary N) is 1. The van der Waals surface area contributed by atoms with E-state index >= 15 is 0 Å². The minimum Gasteiger partial charge on any atom is -0.340 e. The standard InChI is InChI=1S/C24H16BrClN4/c25-18-8-12-20(13-9-18)28-23-14-22(17-4-2-1-3-5-17)29-24-21(15-27-30(23)24)16-6-10-19(26)11-7-16/h1-15,28H. The summed E-state index contributed by atoms with van der Waals surface area (Å²) in [6, 6.07) is 27.9. The van der Waals surface area contributed by atoms with Gasteiger partial charge in [0.1, 0.15) is 5.82 Å². The van der Waals surface area contributed by atoms with Crippen LogP contribution in [0.5, 0.6) is 0 Å². The summed E-state index contributed by atoms with van der Waals surface area (Å²) >= 11 is 9.56. The Kier molecular flexibility index (Phi) is 4.99. The van der Waals surface area contributed by atoms with Gasteiger partial charge in [0.05, 0.1) is 11.9 Å². The first kappa shape index (κ1) is 18.9. The quantitative estimate of drug-likeness (QED) is 0.298. The molecule has 0 aliphatic rings. The third-order valence-electron chi connectivity index (χ3n) is 4.81. The van der Waals surface area contributed by atoms with Crippen molar-refractivity contribution in [2.75, 3.05) is 5.32 Å². The number of hydrogen-bond acceptors (Lipinski definition) is 3. The first-order chi connectivity index (χ1) is 14.7. The molecule has 146 valence electrons. The number of anilines is 2. The van der Waals surface area contributed by atoms with Gasteiger partial charge >= 0.3 is 0 Å². The molecule has 1 N–H and O–H groups in total. The van der Waals surface area contributed by atoms with Gasteiger partial charge in [-0.05, 0) is 42.0 Å². The van der Waals surface area contributed by atoms with Gasteiger partial charge in [-0.3, -0.25) is 0 Å². The zero-order chi connectivity index (χ0) is 20.5. The summed E-state index contributed by atoms with van der Waals surface area (Å²) in [5.41, 5.74) is 5.62. The molecule has 0 fully saturated rings. The molecule has 0 spiro atoms. The molecule has 2 heterocycles. The topological polar surface area (TPSA) is 42.2 Å². The molecule has 5 rings (SSSR count). The predicted molar refractivity (Wildman–Crippen MR) is 126 cm³/mol. The molecule has 0 bridgehead atoms. The van der Waals surface area contributed by atoms with E-state index in [0.717, 1.165) is 44.0 Å². The first-order valence-corrected chi connectivity index (χ1v) is 10.6. The molecule has 3 aromatic carbocycles. The molecule has 0 radical (unpaired) electrons. The highest BCUT2D eigenvalue weighted by Gasteiger charge is 2.14. The summed E-state index contributed by atoms with van der Waals surface area (Å²) in [5, 5.41) is 8.79. The van der Waals surface area contributed by atoms with Gasteiger partial charge in [0.2, 0.25) is 0 Å². The van der Waals surface area contributed by atoms with Gasteiger partial charge in [-0.25, -0.2) is 4.98 Å². The van der Waals surface area contributed by atoms with E-state index in [-0.39, 0.29) is 0 Å². The van der Waals surface area contributed by atoms with Crippen LogP contribution in [0.3, 0.4) is 0 Å². The average molecular weight is 476 g/mol. The molecule has 0 aliphatic heterocycles. The summed E-state index contributed by atoms with van der Waals surface area (Å²) in [7, 11) is 0. The molecular formula is C24H16BrClN4. The Morgan fingerprint density at radius 3 is 2.30 bits per heavy atom. The van der Waals surface area contributed by atoms with Crippen LogP contribution in [0.25, 0.3) is 28.0 Å². The maximum Gasteiger partial charge on any atom is 0.165 e. The third kappa shape index (κ3) is 3.70. The number of rotatable bonds is 4. The van der Waals surface area contributed by atoms with E-state index in [2.05, 4.69) is 38.5 Å². The van der Waals surface area contributed by atoms with Crippen LogP contribution in [-0.2, 0) is 0 Å². The molecule has 0 unspecified atom stereocenters. The molecule has 30 heavy (non-hydrogen) atoms. The van der Waals surface area contributed by atoms with E-state index in [0.29, 0.717) is 5.02 Å². The van der Waals surface area contributed by atoms with Gasteiger partial charge < -0.3 is 5.32 Å². The van der Waals surface area contributed by atoms with E-state index in [1.165, 1.54) is 0 Å². The molecular weight excluding hydrogens is 460 g/mol. The van der Waals surface area contributed by atoms with E-state index < -0.39 is 0 Å². The van der Waals surface area contributed by atoms with Crippen LogP contribution in [0.2, 0.25) is 5.02 Å². The van der Waals surface area contributed by atoms with Crippen molar-refractivity contribution in [1.82, 2.24) is 14.6 Å². The van der Waals surface area contributed by atoms with Gasteiger partial charge in [0.25, 0.3) is 0 Å². The van der Waals surface area contributed by atoms with Crippen LogP contribution in [-0.4, -0.2) is 14.6 Å². The van der Waals surface area contributed by atoms with E-state index in [9.17, 15) is 0 Å². The number of fused-ring (bicyclic) bond motifs is 1. The SMILES string of the molecule is Clc1ccc(-c2cnn3c(Nc4ccc(Br)cc4)cc(-c4ccccc4)nc23)cc1. The monoisotopic (exact) mass is 474 g/mol. The van der Waals surface area contributed by atoms with Crippen LogP contribution in [0.1, 0.15) is 0 Å². The van der Waals surface area contributed by atoms with Gasteiger partial charge in [0.15, 0.2) is 5.65 Å². The third-order valence-corrected chi connectivity index (χ3v) is 5.59. The van der Waals surface area contributed by atoms with E-state index in [1.54, 1.807) is 0 Å². The van der Waals surface area contributed by atoms with Crippen LogP contribution < -0.4 is 5.32 Å². The molecule has 4 nitrogen and oxygen atoms in total. The first-order valence-electron chi connectivity index (χ1n) is 9.40. The lowest BCUT2D eigenvalue weighted by Crippen LogP contribution is -2.02. The number of hydrogen-bond donors (Lipinski definition) is 1. The summed E-state index contributed by atoms with van der Waals surface area (Å²) in [5.74, 6) is 0.835. The smallest absolute Gasteiger partial charge is 0.165 e. The second-order valence-corrected chi connectivity index (χ2v) is 8.18. The number of nitrogens with zero attached hydrogens (tertiary/aromatic N) is 3. The van der Waals surface area contributed by atoms with Gasteiger partial charge in [-0.15, -0.1) is 0 Å². The largest absolute Gasteiger partial charge is 0.340 e. The van der Waals surface area contributed by atoms with Crippen molar-refractivity contribution in [3.63, 3.8) is 0 Å². The van der Waals surface area contributed by atoms with E-state index in [4.69, 9.17) is 16.6 Å². The van der Waals surface area contributed by atoms with Gasteiger partial charge in [-0.1, -0.05) is 70.0 Å². The number of halogens is 2. The summed E-state index contributed by atoms with van der Waals surface area (Å²) in [4.78, 5) is 4.94. The fourth-order valence-electron chi connectivity index (χ4n) is 3.32. The van der Waals surface area contributed by atoms with Gasteiger partial charge in [-0.2, -0.15) is 9.61 Å². The molecule has 0 aliphatic carbocycles. The molecule has 0 amide bonds. The normalized spacial score (nSPS) is 11.0. The Hall–Kier alpha value is -3.15. The second kappa shape index (κ2) is 7.94. The van der Waals surface area contributed by atoms with Crippen LogP contribution in [0.15, 0.2) is 95.6 Å². The summed E-state index contributed by atoms with van der Waals surface area (Å²) in [6.45, 7) is 0. The average Bonchev–Trinajstić information content (AvgIpc) is 3.21. The summed E-state index contributed by atoms with van der Waals surface area (Å²) < 4.78 is 2.86. The highest BCUT2D eigenvalue weighted by atomic mass is 79.9. The van der Waals surface area contributed by atoms with Crippen molar-refractivity contribution in [1.29, 1.82) is 0 Å². The minimum absolute atomic E-state index is 0.700. The lowest BCUT2D eigenvalue weighted by molar-refractivity contribution is 0.949. The lowest BCUT2D eigenvalue weighted by atomic mass is 10.1. The fourth-order valence-corrected chi connectivity index (χ4v) is 3.71. The Balaban J connectivity index is 1.69. The minimum atomic E-state index is 0.700. The zero-order valence-corrected chi connectivity index (χ0v) is 18.1. The maximum atomic E-state index is 6.07. The highest BCUT2D eigenvalue weighted by Crippen LogP contribution is 2.31. The maximum absolute atomic E-state index is 6.07. The van der Waals surface area contributed by atoms with Crippen molar-refractivity contribution in [2.24, 2.45) is 0 Å². The van der Waals surface area contributed by atoms with Crippen LogP contribution in [0.4, 0.5) is 11.5 Å². The summed E-state index contributed by atoms with van der Waals surface area (Å²) in [6.07, 6.45) is 1.84. The molecule has 0 saturated heterocycles. The molecule has 5 aromatic rings. The number of aromatic nitrogens is 3. The van der Waals surface area contributed by atoms with Gasteiger partial charge in [0, 0.05) is 32.4 Å². The fraction of sp³-hybridized carbons (Fsp3) is 0. The van der Waals surface area contributed by atoms with Crippen LogP contribution >= 0.6 is 27.5 Å². The predicted octanol–water partition coefficient (Wildman–Crippen LogP) is 7.22. The highest BCUT2D eigenvalue weighted by molar-refractivity contribution is 9.10. The molecule has 0 saturated carbocycles. The molecule has 0 atom stereocenters.